The summed E-state index contributed by atoms with van der Waals surface area (Å²) in [5.74, 6) is 0.111. The molecular formula is C20H20FN5O4. The van der Waals surface area contributed by atoms with Gasteiger partial charge in [-0.2, -0.15) is 5.10 Å². The molecule has 0 spiro atoms. The average molecular weight is 413 g/mol. The van der Waals surface area contributed by atoms with Gasteiger partial charge in [-0.05, 0) is 30.7 Å². The maximum atomic E-state index is 14.1. The number of rotatable bonds is 0. The lowest BCUT2D eigenvalue weighted by Gasteiger charge is -2.28. The van der Waals surface area contributed by atoms with Crippen molar-refractivity contribution >= 4 is 17.4 Å². The van der Waals surface area contributed by atoms with E-state index in [1.807, 2.05) is 4.90 Å². The zero-order chi connectivity index (χ0) is 20.8. The maximum Gasteiger partial charge on any atom is 0.256 e. The molecule has 1 amide bonds. The minimum atomic E-state index is -0.967. The van der Waals surface area contributed by atoms with Crippen LogP contribution in [0.25, 0.3) is 5.65 Å². The first kappa shape index (κ1) is 18.8. The molecule has 3 aromatic rings. The van der Waals surface area contributed by atoms with Crippen LogP contribution in [0.1, 0.15) is 28.4 Å². The van der Waals surface area contributed by atoms with Crippen molar-refractivity contribution in [3.05, 3.63) is 53.6 Å². The number of hydrogen-bond donors (Lipinski definition) is 3. The summed E-state index contributed by atoms with van der Waals surface area (Å²) >= 11 is 0. The molecule has 9 nitrogen and oxygen atoms in total. The highest BCUT2D eigenvalue weighted by Gasteiger charge is 2.35. The van der Waals surface area contributed by atoms with E-state index in [4.69, 9.17) is 4.74 Å². The number of β-amino-alcohol motifs (C(OH)–C–C–N with tert-alkyl or cyclic N) is 1. The van der Waals surface area contributed by atoms with E-state index < -0.39 is 23.9 Å². The van der Waals surface area contributed by atoms with Crippen LogP contribution in [0.2, 0.25) is 0 Å². The van der Waals surface area contributed by atoms with Crippen molar-refractivity contribution < 1.29 is 24.1 Å². The van der Waals surface area contributed by atoms with Gasteiger partial charge < -0.3 is 25.2 Å². The van der Waals surface area contributed by atoms with Crippen LogP contribution >= 0.6 is 0 Å². The van der Waals surface area contributed by atoms with Crippen molar-refractivity contribution in [2.24, 2.45) is 0 Å². The Hall–Kier alpha value is -3.24. The van der Waals surface area contributed by atoms with Crippen LogP contribution in [0.15, 0.2) is 36.7 Å². The van der Waals surface area contributed by atoms with Gasteiger partial charge in [0, 0.05) is 24.8 Å². The lowest BCUT2D eigenvalue weighted by molar-refractivity contribution is 0.0842. The molecule has 0 radical (unpaired) electrons. The number of hydrogen-bond acceptors (Lipinski definition) is 7. The number of anilines is 1. The van der Waals surface area contributed by atoms with Crippen molar-refractivity contribution in [3.63, 3.8) is 0 Å². The number of aliphatic hydroxyl groups excluding tert-OH is 2. The predicted molar refractivity (Wildman–Crippen MR) is 104 cm³/mol. The normalized spacial score (nSPS) is 24.2. The number of benzene rings is 1. The summed E-state index contributed by atoms with van der Waals surface area (Å²) in [5.41, 5.74) is 1.19. The molecule has 1 aromatic carbocycles. The SMILES string of the molecule is O=C1NC[C@@H](O)COc2ccc(F)cc2C2C[C@@H](O)CN2c2ccn3ncc1c3n2. The Morgan fingerprint density at radius 2 is 2.10 bits per heavy atom. The van der Waals surface area contributed by atoms with E-state index >= 15 is 0 Å². The molecule has 5 rings (SSSR count). The van der Waals surface area contributed by atoms with Gasteiger partial charge in [0.25, 0.3) is 5.91 Å². The van der Waals surface area contributed by atoms with Gasteiger partial charge in [-0.3, -0.25) is 4.79 Å². The fraction of sp³-hybridized carbons (Fsp3) is 0.350. The van der Waals surface area contributed by atoms with Crippen molar-refractivity contribution in [1.82, 2.24) is 19.9 Å². The molecule has 3 atom stereocenters. The number of aromatic nitrogens is 3. The minimum absolute atomic E-state index is 0.0271. The van der Waals surface area contributed by atoms with Crippen molar-refractivity contribution in [2.75, 3.05) is 24.6 Å². The zero-order valence-corrected chi connectivity index (χ0v) is 15.9. The molecule has 0 saturated carbocycles. The smallest absolute Gasteiger partial charge is 0.256 e. The molecule has 2 aliphatic heterocycles. The summed E-state index contributed by atoms with van der Waals surface area (Å²) in [7, 11) is 0. The van der Waals surface area contributed by atoms with E-state index in [0.29, 0.717) is 35.7 Å². The fourth-order valence-electron chi connectivity index (χ4n) is 4.00. The number of nitrogens with zero attached hydrogens (tertiary/aromatic N) is 4. The second kappa shape index (κ2) is 7.22. The van der Waals surface area contributed by atoms with Crippen LogP contribution in [-0.2, 0) is 0 Å². The van der Waals surface area contributed by atoms with E-state index in [9.17, 15) is 19.4 Å². The lowest BCUT2D eigenvalue weighted by Crippen LogP contribution is -2.35. The molecule has 3 N–H and O–H groups in total. The summed E-state index contributed by atoms with van der Waals surface area (Å²) in [5, 5.41) is 27.4. The molecule has 10 heteroatoms. The highest BCUT2D eigenvalue weighted by atomic mass is 19.1. The number of nitrogens with one attached hydrogen (secondary N) is 1. The quantitative estimate of drug-likeness (QED) is 0.496. The zero-order valence-electron chi connectivity index (χ0n) is 15.9. The Bertz CT molecular complexity index is 1120. The molecular weight excluding hydrogens is 393 g/mol. The molecule has 0 aliphatic carbocycles. The van der Waals surface area contributed by atoms with E-state index in [-0.39, 0.29) is 24.8 Å². The average Bonchev–Trinajstić information content (AvgIpc) is 3.33. The van der Waals surface area contributed by atoms with Crippen LogP contribution in [0.5, 0.6) is 5.75 Å². The summed E-state index contributed by atoms with van der Waals surface area (Å²) in [4.78, 5) is 19.0. The Kier molecular flexibility index (Phi) is 4.52. The van der Waals surface area contributed by atoms with Crippen molar-refractivity contribution in [3.8, 4) is 5.75 Å². The molecule has 2 aliphatic rings. The highest BCUT2D eigenvalue weighted by Crippen LogP contribution is 2.40. The second-order valence-corrected chi connectivity index (χ2v) is 7.53. The minimum Gasteiger partial charge on any atom is -0.490 e. The molecule has 2 aromatic heterocycles. The number of halogens is 1. The standard InChI is InChI=1S/C20H20FN5O4/c21-11-1-2-17-14(5-11)16-6-12(27)9-25(16)18-3-4-26-19(24-18)15(8-23-26)20(29)22-7-13(28)10-30-17/h1-5,8,12-13,16,27-28H,6-7,9-10H2,(H,22,29)/t12-,13-,16?/m1/s1. The molecule has 30 heavy (non-hydrogen) atoms. The highest BCUT2D eigenvalue weighted by molar-refractivity contribution is 5.99. The van der Waals surface area contributed by atoms with Gasteiger partial charge in [0.1, 0.15) is 35.7 Å². The Labute approximate surface area is 170 Å². The number of amides is 1. The number of fused-ring (bicyclic) bond motifs is 5. The number of carbonyl (C=O) groups excluding carboxylic acids is 1. The molecule has 1 unspecified atom stereocenters. The lowest BCUT2D eigenvalue weighted by atomic mass is 10.0. The van der Waals surface area contributed by atoms with Crippen LogP contribution in [-0.4, -0.2) is 62.6 Å². The number of ether oxygens (including phenoxy) is 1. The second-order valence-electron chi connectivity index (χ2n) is 7.53. The third-order valence-electron chi connectivity index (χ3n) is 5.43. The third-order valence-corrected chi connectivity index (χ3v) is 5.43. The van der Waals surface area contributed by atoms with Gasteiger partial charge in [0.05, 0.1) is 18.3 Å². The third kappa shape index (κ3) is 3.23. The number of aliphatic hydroxyl groups is 2. The van der Waals surface area contributed by atoms with Crippen molar-refractivity contribution in [2.45, 2.75) is 24.7 Å². The summed E-state index contributed by atoms with van der Waals surface area (Å²) in [6.45, 7) is 0.184. The Balaban J connectivity index is 1.67. The first-order chi connectivity index (χ1) is 14.5. The maximum absolute atomic E-state index is 14.1. The molecule has 2 bridgehead atoms. The monoisotopic (exact) mass is 413 g/mol. The van der Waals surface area contributed by atoms with Crippen LogP contribution in [0, 0.1) is 5.82 Å². The first-order valence-corrected chi connectivity index (χ1v) is 9.67. The molecule has 1 fully saturated rings. The predicted octanol–water partition coefficient (Wildman–Crippen LogP) is 0.664. The summed E-state index contributed by atoms with van der Waals surface area (Å²) in [6.07, 6.45) is 1.85. The van der Waals surface area contributed by atoms with Gasteiger partial charge >= 0.3 is 0 Å². The van der Waals surface area contributed by atoms with Crippen LogP contribution in [0.3, 0.4) is 0 Å². The van der Waals surface area contributed by atoms with E-state index in [0.717, 1.165) is 0 Å². The largest absolute Gasteiger partial charge is 0.490 e. The van der Waals surface area contributed by atoms with Gasteiger partial charge in [0.2, 0.25) is 0 Å². The Morgan fingerprint density at radius 1 is 1.23 bits per heavy atom. The summed E-state index contributed by atoms with van der Waals surface area (Å²) in [6, 6.07) is 5.53. The van der Waals surface area contributed by atoms with E-state index in [1.165, 1.54) is 28.9 Å². The van der Waals surface area contributed by atoms with Gasteiger partial charge in [0.15, 0.2) is 5.65 Å². The van der Waals surface area contributed by atoms with Gasteiger partial charge in [-0.1, -0.05) is 0 Å². The Morgan fingerprint density at radius 3 is 2.97 bits per heavy atom. The van der Waals surface area contributed by atoms with E-state index in [1.54, 1.807) is 12.3 Å². The molecule has 1 saturated heterocycles. The van der Waals surface area contributed by atoms with Gasteiger partial charge in [-0.15, -0.1) is 0 Å². The van der Waals surface area contributed by atoms with E-state index in [2.05, 4.69) is 15.4 Å². The molecule has 4 heterocycles. The molecule has 156 valence electrons. The number of carbonyl (C=O) groups is 1. The van der Waals surface area contributed by atoms with Crippen molar-refractivity contribution in [1.29, 1.82) is 0 Å². The first-order valence-electron chi connectivity index (χ1n) is 9.67. The summed E-state index contributed by atoms with van der Waals surface area (Å²) < 4.78 is 21.4. The van der Waals surface area contributed by atoms with Crippen LogP contribution < -0.4 is 15.0 Å². The fourth-order valence-corrected chi connectivity index (χ4v) is 4.00. The van der Waals surface area contributed by atoms with Gasteiger partial charge in [-0.25, -0.2) is 13.9 Å². The topological polar surface area (TPSA) is 112 Å². The van der Waals surface area contributed by atoms with Crippen LogP contribution in [0.4, 0.5) is 10.2 Å².